The van der Waals surface area contributed by atoms with Crippen LogP contribution < -0.4 is 5.32 Å². The summed E-state index contributed by atoms with van der Waals surface area (Å²) in [6.45, 7) is 0. The Balaban J connectivity index is 1.28. The highest BCUT2D eigenvalue weighted by Gasteiger charge is 2.11. The molecular formula is C24H17N5O2S. The fraction of sp³-hybridized carbons (Fsp3) is 0. The molecule has 0 aliphatic rings. The number of H-pyrrole nitrogens is 1. The summed E-state index contributed by atoms with van der Waals surface area (Å²) in [4.78, 5) is 19.8. The summed E-state index contributed by atoms with van der Waals surface area (Å²) in [6.07, 6.45) is 0. The Kier molecular flexibility index (Phi) is 5.19. The van der Waals surface area contributed by atoms with Crippen molar-refractivity contribution in [2.24, 2.45) is 10.2 Å². The lowest BCUT2D eigenvalue weighted by molar-refractivity contribution is 0.0995. The number of nitrogens with zero attached hydrogens (tertiary/aromatic N) is 3. The van der Waals surface area contributed by atoms with Gasteiger partial charge in [0.15, 0.2) is 10.8 Å². The van der Waals surface area contributed by atoms with Gasteiger partial charge in [0.05, 0.1) is 11.2 Å². The second kappa shape index (κ2) is 8.44. The molecule has 1 amide bonds. The molecule has 2 aromatic heterocycles. The van der Waals surface area contributed by atoms with Gasteiger partial charge in [-0.1, -0.05) is 48.5 Å². The van der Waals surface area contributed by atoms with E-state index in [1.54, 1.807) is 30.3 Å². The van der Waals surface area contributed by atoms with Crippen molar-refractivity contribution in [3.63, 3.8) is 0 Å². The lowest BCUT2D eigenvalue weighted by Gasteiger charge is -2.03. The van der Waals surface area contributed by atoms with E-state index in [1.165, 1.54) is 11.3 Å². The molecule has 0 fully saturated rings. The molecule has 32 heavy (non-hydrogen) atoms. The van der Waals surface area contributed by atoms with Gasteiger partial charge in [-0.25, -0.2) is 4.98 Å². The number of fused-ring (bicyclic) bond motifs is 1. The number of para-hydroxylation sites is 1. The Labute approximate surface area is 187 Å². The Hall–Kier alpha value is -4.30. The van der Waals surface area contributed by atoms with Crippen LogP contribution in [0.2, 0.25) is 0 Å². The maximum atomic E-state index is 12.4. The van der Waals surface area contributed by atoms with Gasteiger partial charge in [0, 0.05) is 27.6 Å². The highest BCUT2D eigenvalue weighted by atomic mass is 32.1. The first-order chi connectivity index (χ1) is 15.7. The van der Waals surface area contributed by atoms with E-state index in [4.69, 9.17) is 0 Å². The normalized spacial score (nSPS) is 11.2. The third-order valence-electron chi connectivity index (χ3n) is 4.86. The monoisotopic (exact) mass is 439 g/mol. The van der Waals surface area contributed by atoms with Crippen LogP contribution in [-0.4, -0.2) is 21.0 Å². The number of amides is 1. The number of azo groups is 1. The van der Waals surface area contributed by atoms with Crippen molar-refractivity contribution >= 4 is 44.7 Å². The summed E-state index contributed by atoms with van der Waals surface area (Å²) in [5, 5.41) is 24.5. The smallest absolute Gasteiger partial charge is 0.295 e. The van der Waals surface area contributed by atoms with Gasteiger partial charge in [0.2, 0.25) is 5.88 Å². The molecule has 0 saturated carbocycles. The van der Waals surface area contributed by atoms with Crippen LogP contribution in [0.15, 0.2) is 94.5 Å². The molecular weight excluding hydrogens is 422 g/mol. The van der Waals surface area contributed by atoms with Gasteiger partial charge < -0.3 is 15.4 Å². The number of aromatic hydroxyl groups is 1. The van der Waals surface area contributed by atoms with Crippen molar-refractivity contribution in [3.05, 3.63) is 89.8 Å². The Morgan fingerprint density at radius 2 is 1.72 bits per heavy atom. The molecule has 0 saturated heterocycles. The first-order valence-electron chi connectivity index (χ1n) is 9.81. The summed E-state index contributed by atoms with van der Waals surface area (Å²) in [6, 6.07) is 24.2. The van der Waals surface area contributed by atoms with E-state index in [0.29, 0.717) is 10.9 Å². The first kappa shape index (κ1) is 19.7. The van der Waals surface area contributed by atoms with Crippen LogP contribution in [0, 0.1) is 0 Å². The molecule has 5 rings (SSSR count). The molecule has 0 aliphatic carbocycles. The van der Waals surface area contributed by atoms with Crippen molar-refractivity contribution in [1.82, 2.24) is 9.97 Å². The van der Waals surface area contributed by atoms with E-state index in [9.17, 15) is 9.90 Å². The van der Waals surface area contributed by atoms with Crippen LogP contribution in [0.5, 0.6) is 5.88 Å². The minimum absolute atomic E-state index is 0.124. The largest absolute Gasteiger partial charge is 0.493 e. The van der Waals surface area contributed by atoms with Gasteiger partial charge in [0.1, 0.15) is 0 Å². The Morgan fingerprint density at radius 3 is 2.53 bits per heavy atom. The zero-order valence-electron chi connectivity index (χ0n) is 16.7. The molecule has 3 N–H and O–H groups in total. The average molecular weight is 440 g/mol. The van der Waals surface area contributed by atoms with E-state index >= 15 is 0 Å². The fourth-order valence-corrected chi connectivity index (χ4v) is 4.00. The highest BCUT2D eigenvalue weighted by molar-refractivity contribution is 7.14. The molecule has 0 spiro atoms. The minimum atomic E-state index is -0.498. The summed E-state index contributed by atoms with van der Waals surface area (Å²) in [7, 11) is 0. The summed E-state index contributed by atoms with van der Waals surface area (Å²) in [5.41, 5.74) is 4.13. The van der Waals surface area contributed by atoms with Crippen molar-refractivity contribution < 1.29 is 9.90 Å². The number of hydrogen-bond acceptors (Lipinski definition) is 6. The van der Waals surface area contributed by atoms with Gasteiger partial charge in [0.25, 0.3) is 5.91 Å². The predicted octanol–water partition coefficient (Wildman–Crippen LogP) is 6.66. The van der Waals surface area contributed by atoms with Gasteiger partial charge in [-0.15, -0.1) is 21.6 Å². The second-order valence-electron chi connectivity index (χ2n) is 6.98. The van der Waals surface area contributed by atoms with E-state index < -0.39 is 5.91 Å². The molecule has 156 valence electrons. The topological polar surface area (TPSA) is 103 Å². The van der Waals surface area contributed by atoms with E-state index in [1.807, 2.05) is 53.9 Å². The number of hydrogen-bond donors (Lipinski definition) is 3. The number of nitrogens with one attached hydrogen (secondary N) is 2. The lowest BCUT2D eigenvalue weighted by Crippen LogP contribution is -1.95. The summed E-state index contributed by atoms with van der Waals surface area (Å²) in [5.74, 6) is -0.623. The van der Waals surface area contributed by atoms with Crippen LogP contribution >= 0.6 is 11.3 Å². The number of rotatable bonds is 5. The molecule has 3 aromatic carbocycles. The third-order valence-corrected chi connectivity index (χ3v) is 5.61. The van der Waals surface area contributed by atoms with Crippen molar-refractivity contribution in [3.8, 4) is 17.1 Å². The summed E-state index contributed by atoms with van der Waals surface area (Å²) < 4.78 is 0. The summed E-state index contributed by atoms with van der Waals surface area (Å²) >= 11 is 1.51. The first-order valence-corrected chi connectivity index (χ1v) is 10.7. The zero-order valence-corrected chi connectivity index (χ0v) is 17.5. The Morgan fingerprint density at radius 1 is 0.969 bits per heavy atom. The quantitative estimate of drug-likeness (QED) is 0.266. The van der Waals surface area contributed by atoms with Crippen LogP contribution in [0.4, 0.5) is 16.5 Å². The zero-order chi connectivity index (χ0) is 21.9. The lowest BCUT2D eigenvalue weighted by atomic mass is 10.2. The fourth-order valence-electron chi connectivity index (χ4n) is 3.26. The van der Waals surface area contributed by atoms with E-state index in [2.05, 4.69) is 25.5 Å². The molecule has 0 atom stereocenters. The van der Waals surface area contributed by atoms with Crippen molar-refractivity contribution in [2.75, 3.05) is 5.32 Å². The van der Waals surface area contributed by atoms with Gasteiger partial charge in [-0.2, -0.15) is 0 Å². The number of aromatic nitrogens is 2. The van der Waals surface area contributed by atoms with Crippen molar-refractivity contribution in [1.29, 1.82) is 0 Å². The molecule has 0 aliphatic heterocycles. The second-order valence-corrected chi connectivity index (χ2v) is 7.84. The maximum absolute atomic E-state index is 12.4. The molecule has 0 unspecified atom stereocenters. The number of aromatic amines is 1. The number of carbonyl (C=O) groups excluding carboxylic acids is 1. The average Bonchev–Trinajstić information content (AvgIpc) is 3.42. The maximum Gasteiger partial charge on any atom is 0.295 e. The van der Waals surface area contributed by atoms with Crippen LogP contribution in [0.25, 0.3) is 22.2 Å². The Bertz CT molecular complexity index is 1420. The number of carbonyl (C=O) groups is 1. The molecule has 0 radical (unpaired) electrons. The molecule has 0 bridgehead atoms. The minimum Gasteiger partial charge on any atom is -0.493 e. The number of thiazole rings is 1. The van der Waals surface area contributed by atoms with Crippen molar-refractivity contribution in [2.45, 2.75) is 0 Å². The van der Waals surface area contributed by atoms with Gasteiger partial charge in [-0.3, -0.25) is 4.79 Å². The highest BCUT2D eigenvalue weighted by Crippen LogP contribution is 2.35. The van der Waals surface area contributed by atoms with Gasteiger partial charge in [-0.05, 0) is 30.3 Å². The van der Waals surface area contributed by atoms with Crippen LogP contribution in [0.3, 0.4) is 0 Å². The number of anilines is 2. The number of benzene rings is 3. The molecule has 8 heteroatoms. The van der Waals surface area contributed by atoms with E-state index in [-0.39, 0.29) is 11.6 Å². The molecule has 7 nitrogen and oxygen atoms in total. The van der Waals surface area contributed by atoms with E-state index in [0.717, 1.165) is 27.6 Å². The molecule has 2 heterocycles. The predicted molar refractivity (Wildman–Crippen MR) is 126 cm³/mol. The molecule has 5 aromatic rings. The third kappa shape index (κ3) is 3.99. The SMILES string of the molecule is O=C(N=Nc1c(O)[nH]c2ccccc12)c1ccc(Nc2nc(-c3ccccc3)cs2)cc1. The standard InChI is InChI=1S/C24H17N5O2S/c30-22(29-28-21-18-8-4-5-9-19(18)26-23(21)31)16-10-12-17(13-11-16)25-24-27-20(14-32-24)15-6-2-1-3-7-15/h1-14,26,31H,(H,25,27). The van der Waals surface area contributed by atoms with Crippen LogP contribution in [-0.2, 0) is 0 Å². The van der Waals surface area contributed by atoms with Gasteiger partial charge >= 0.3 is 0 Å². The van der Waals surface area contributed by atoms with Crippen LogP contribution in [0.1, 0.15) is 10.4 Å².